The van der Waals surface area contributed by atoms with Crippen LogP contribution in [0.25, 0.3) is 0 Å². The van der Waals surface area contributed by atoms with E-state index in [1.165, 1.54) is 0 Å². The first-order chi connectivity index (χ1) is 9.34. The van der Waals surface area contributed by atoms with Crippen LogP contribution in [0.1, 0.15) is 29.3 Å². The molecule has 1 saturated heterocycles. The number of hydrogen-bond donors (Lipinski definition) is 2. The van der Waals surface area contributed by atoms with Crippen molar-refractivity contribution in [3.05, 3.63) is 35.4 Å². The summed E-state index contributed by atoms with van der Waals surface area (Å²) in [6, 6.07) is 7.26. The van der Waals surface area contributed by atoms with Crippen LogP contribution in [0.5, 0.6) is 0 Å². The van der Waals surface area contributed by atoms with Gasteiger partial charge in [0, 0.05) is 5.56 Å². The molecule has 1 heterocycles. The van der Waals surface area contributed by atoms with E-state index in [4.69, 9.17) is 5.73 Å². The molecule has 1 fully saturated rings. The Morgan fingerprint density at radius 2 is 2.20 bits per heavy atom. The molecule has 110 valence electrons. The number of carbonyl (C=O) groups is 1. The van der Waals surface area contributed by atoms with Crippen LogP contribution in [0.15, 0.2) is 24.3 Å². The molecule has 6 heteroatoms. The zero-order valence-electron chi connectivity index (χ0n) is 11.6. The van der Waals surface area contributed by atoms with Crippen LogP contribution >= 0.6 is 0 Å². The van der Waals surface area contributed by atoms with Crippen molar-refractivity contribution in [3.8, 4) is 0 Å². The minimum Gasteiger partial charge on any atom is -0.346 e. The van der Waals surface area contributed by atoms with Gasteiger partial charge in [0.25, 0.3) is 5.91 Å². The standard InChI is InChI=1S/C14H20N2O3S/c1-14(6-8-20(18,19)10-14)16-13(17)12-4-2-3-11(9-12)5-7-15/h2-4,9H,5-8,10,15H2,1H3,(H,16,17). The number of carbonyl (C=O) groups excluding carboxylic acids is 1. The van der Waals surface area contributed by atoms with Gasteiger partial charge in [0.15, 0.2) is 9.84 Å². The molecular weight excluding hydrogens is 276 g/mol. The van der Waals surface area contributed by atoms with Crippen molar-refractivity contribution in [3.63, 3.8) is 0 Å². The van der Waals surface area contributed by atoms with Gasteiger partial charge in [-0.3, -0.25) is 4.79 Å². The third kappa shape index (κ3) is 3.58. The van der Waals surface area contributed by atoms with Crippen molar-refractivity contribution >= 4 is 15.7 Å². The highest BCUT2D eigenvalue weighted by Crippen LogP contribution is 2.23. The van der Waals surface area contributed by atoms with Gasteiger partial charge in [-0.2, -0.15) is 0 Å². The Morgan fingerprint density at radius 1 is 1.45 bits per heavy atom. The summed E-state index contributed by atoms with van der Waals surface area (Å²) in [4.78, 5) is 12.2. The fourth-order valence-corrected chi connectivity index (χ4v) is 4.58. The largest absolute Gasteiger partial charge is 0.346 e. The molecule has 1 unspecified atom stereocenters. The molecule has 0 bridgehead atoms. The van der Waals surface area contributed by atoms with Crippen LogP contribution in [0, 0.1) is 0 Å². The Hall–Kier alpha value is -1.40. The van der Waals surface area contributed by atoms with E-state index in [9.17, 15) is 13.2 Å². The quantitative estimate of drug-likeness (QED) is 0.846. The Labute approximate surface area is 119 Å². The number of hydrogen-bond acceptors (Lipinski definition) is 4. The van der Waals surface area contributed by atoms with E-state index in [0.29, 0.717) is 24.9 Å². The highest BCUT2D eigenvalue weighted by molar-refractivity contribution is 7.91. The summed E-state index contributed by atoms with van der Waals surface area (Å²) in [6.07, 6.45) is 1.18. The molecule has 3 N–H and O–H groups in total. The van der Waals surface area contributed by atoms with Crippen LogP contribution in [0.3, 0.4) is 0 Å². The van der Waals surface area contributed by atoms with Crippen molar-refractivity contribution in [2.24, 2.45) is 5.73 Å². The highest BCUT2D eigenvalue weighted by atomic mass is 32.2. The molecule has 1 amide bonds. The molecule has 1 aromatic carbocycles. The lowest BCUT2D eigenvalue weighted by molar-refractivity contribution is 0.0915. The molecule has 5 nitrogen and oxygen atoms in total. The fraction of sp³-hybridized carbons (Fsp3) is 0.500. The number of benzene rings is 1. The molecule has 1 atom stereocenters. The number of sulfone groups is 1. The zero-order valence-corrected chi connectivity index (χ0v) is 12.4. The fourth-order valence-electron chi connectivity index (χ4n) is 2.49. The summed E-state index contributed by atoms with van der Waals surface area (Å²) in [5.41, 5.74) is 6.38. The molecule has 1 aliphatic rings. The number of amides is 1. The predicted molar refractivity (Wildman–Crippen MR) is 78.3 cm³/mol. The minimum absolute atomic E-state index is 0.00817. The van der Waals surface area contributed by atoms with E-state index in [1.54, 1.807) is 19.1 Å². The first-order valence-electron chi connectivity index (χ1n) is 6.66. The zero-order chi connectivity index (χ0) is 14.8. The second-order valence-corrected chi connectivity index (χ2v) is 7.78. The van der Waals surface area contributed by atoms with Gasteiger partial charge in [-0.25, -0.2) is 8.42 Å². The number of nitrogens with one attached hydrogen (secondary N) is 1. The topological polar surface area (TPSA) is 89.3 Å². The summed E-state index contributed by atoms with van der Waals surface area (Å²) >= 11 is 0. The van der Waals surface area contributed by atoms with Gasteiger partial charge in [-0.05, 0) is 44.0 Å². The second-order valence-electron chi connectivity index (χ2n) is 5.60. The lowest BCUT2D eigenvalue weighted by Crippen LogP contribution is -2.46. The van der Waals surface area contributed by atoms with E-state index >= 15 is 0 Å². The summed E-state index contributed by atoms with van der Waals surface area (Å²) in [6.45, 7) is 2.31. The Kier molecular flexibility index (Phi) is 4.15. The number of rotatable bonds is 4. The van der Waals surface area contributed by atoms with Crippen LogP contribution < -0.4 is 11.1 Å². The number of nitrogens with two attached hydrogens (primary N) is 1. The summed E-state index contributed by atoms with van der Waals surface area (Å²) in [5.74, 6) is -0.0888. The van der Waals surface area contributed by atoms with Crippen molar-refractivity contribution in [1.29, 1.82) is 0 Å². The van der Waals surface area contributed by atoms with Gasteiger partial charge in [0.2, 0.25) is 0 Å². The van der Waals surface area contributed by atoms with E-state index in [0.717, 1.165) is 5.56 Å². The van der Waals surface area contributed by atoms with E-state index in [1.807, 2.05) is 12.1 Å². The average molecular weight is 296 g/mol. The Morgan fingerprint density at radius 3 is 2.80 bits per heavy atom. The van der Waals surface area contributed by atoms with Gasteiger partial charge in [-0.1, -0.05) is 12.1 Å². The minimum atomic E-state index is -3.03. The predicted octanol–water partition coefficient (Wildman–Crippen LogP) is 0.495. The molecule has 0 aromatic heterocycles. The monoisotopic (exact) mass is 296 g/mol. The Balaban J connectivity index is 2.11. The molecular formula is C14H20N2O3S. The summed E-state index contributed by atoms with van der Waals surface area (Å²) < 4.78 is 23.1. The molecule has 0 aliphatic carbocycles. The molecule has 0 radical (unpaired) electrons. The first kappa shape index (κ1) is 15.0. The van der Waals surface area contributed by atoms with Gasteiger partial charge in [0.1, 0.15) is 0 Å². The van der Waals surface area contributed by atoms with Crippen molar-refractivity contribution < 1.29 is 13.2 Å². The van der Waals surface area contributed by atoms with Crippen molar-refractivity contribution in [2.75, 3.05) is 18.1 Å². The highest BCUT2D eigenvalue weighted by Gasteiger charge is 2.39. The summed E-state index contributed by atoms with van der Waals surface area (Å²) in [5, 5.41) is 2.85. The van der Waals surface area contributed by atoms with Crippen LogP contribution in [0.2, 0.25) is 0 Å². The normalized spacial score (nSPS) is 24.5. The SMILES string of the molecule is CC1(NC(=O)c2cccc(CCN)c2)CCS(=O)(=O)C1. The van der Waals surface area contributed by atoms with E-state index < -0.39 is 15.4 Å². The molecule has 0 saturated carbocycles. The lowest BCUT2D eigenvalue weighted by atomic mass is 10.0. The maximum atomic E-state index is 12.2. The van der Waals surface area contributed by atoms with Gasteiger partial charge >= 0.3 is 0 Å². The average Bonchev–Trinajstić information content (AvgIpc) is 2.64. The molecule has 2 rings (SSSR count). The maximum absolute atomic E-state index is 12.2. The summed E-state index contributed by atoms with van der Waals surface area (Å²) in [7, 11) is -3.03. The van der Waals surface area contributed by atoms with Gasteiger partial charge < -0.3 is 11.1 Å². The van der Waals surface area contributed by atoms with E-state index in [2.05, 4.69) is 5.32 Å². The van der Waals surface area contributed by atoms with Crippen molar-refractivity contribution in [2.45, 2.75) is 25.3 Å². The smallest absolute Gasteiger partial charge is 0.251 e. The van der Waals surface area contributed by atoms with Gasteiger partial charge in [-0.15, -0.1) is 0 Å². The molecule has 1 aliphatic heterocycles. The Bertz CT molecular complexity index is 613. The van der Waals surface area contributed by atoms with E-state index in [-0.39, 0.29) is 17.4 Å². The van der Waals surface area contributed by atoms with Crippen LogP contribution in [-0.4, -0.2) is 37.9 Å². The molecule has 1 aromatic rings. The molecule has 0 spiro atoms. The van der Waals surface area contributed by atoms with Gasteiger partial charge in [0.05, 0.1) is 17.0 Å². The lowest BCUT2D eigenvalue weighted by Gasteiger charge is -2.24. The van der Waals surface area contributed by atoms with Crippen LogP contribution in [-0.2, 0) is 16.3 Å². The molecule has 20 heavy (non-hydrogen) atoms. The van der Waals surface area contributed by atoms with Crippen LogP contribution in [0.4, 0.5) is 0 Å². The maximum Gasteiger partial charge on any atom is 0.251 e. The van der Waals surface area contributed by atoms with Crippen molar-refractivity contribution in [1.82, 2.24) is 5.32 Å². The third-order valence-electron chi connectivity index (χ3n) is 3.54. The second kappa shape index (κ2) is 5.54. The first-order valence-corrected chi connectivity index (χ1v) is 8.48. The third-order valence-corrected chi connectivity index (χ3v) is 5.44.